The van der Waals surface area contributed by atoms with Crippen molar-refractivity contribution in [2.45, 2.75) is 6.92 Å². The van der Waals surface area contributed by atoms with E-state index in [0.717, 1.165) is 22.2 Å². The number of anilines is 1. The van der Waals surface area contributed by atoms with Crippen LogP contribution in [0.3, 0.4) is 0 Å². The predicted molar refractivity (Wildman–Crippen MR) is 78.1 cm³/mol. The Kier molecular flexibility index (Phi) is 3.16. The van der Waals surface area contributed by atoms with E-state index in [9.17, 15) is 0 Å². The van der Waals surface area contributed by atoms with Gasteiger partial charge in [0, 0.05) is 30.4 Å². The Labute approximate surface area is 116 Å². The van der Waals surface area contributed by atoms with E-state index in [4.69, 9.17) is 4.74 Å². The van der Waals surface area contributed by atoms with Crippen LogP contribution in [0.2, 0.25) is 0 Å². The van der Waals surface area contributed by atoms with E-state index in [1.807, 2.05) is 37.3 Å². The maximum atomic E-state index is 5.93. The topological polar surface area (TPSA) is 59.9 Å². The number of rotatable bonds is 3. The minimum absolute atomic E-state index is 0.531. The van der Waals surface area contributed by atoms with E-state index in [2.05, 4.69) is 20.3 Å². The SMILES string of the molecule is CNc1ncc(C)c(Oc2cccc3ncccc23)n1. The van der Waals surface area contributed by atoms with Crippen LogP contribution in [-0.4, -0.2) is 22.0 Å². The molecule has 20 heavy (non-hydrogen) atoms. The van der Waals surface area contributed by atoms with Crippen LogP contribution >= 0.6 is 0 Å². The minimum atomic E-state index is 0.531. The lowest BCUT2D eigenvalue weighted by molar-refractivity contribution is 0.463. The lowest BCUT2D eigenvalue weighted by atomic mass is 10.2. The summed E-state index contributed by atoms with van der Waals surface area (Å²) in [5.41, 5.74) is 1.77. The normalized spacial score (nSPS) is 10.5. The zero-order chi connectivity index (χ0) is 13.9. The van der Waals surface area contributed by atoms with Crippen LogP contribution in [0, 0.1) is 6.92 Å². The summed E-state index contributed by atoms with van der Waals surface area (Å²) < 4.78 is 5.93. The molecule has 0 aliphatic heterocycles. The second-order valence-electron chi connectivity index (χ2n) is 4.36. The third-order valence-electron chi connectivity index (χ3n) is 2.96. The molecular weight excluding hydrogens is 252 g/mol. The summed E-state index contributed by atoms with van der Waals surface area (Å²) in [7, 11) is 1.77. The summed E-state index contributed by atoms with van der Waals surface area (Å²) in [5, 5.41) is 3.86. The highest BCUT2D eigenvalue weighted by atomic mass is 16.5. The second-order valence-corrected chi connectivity index (χ2v) is 4.36. The van der Waals surface area contributed by atoms with E-state index in [0.29, 0.717) is 11.8 Å². The molecule has 0 amide bonds. The Bertz CT molecular complexity index is 752. The van der Waals surface area contributed by atoms with Crippen molar-refractivity contribution in [2.75, 3.05) is 12.4 Å². The van der Waals surface area contributed by atoms with Gasteiger partial charge in [-0.1, -0.05) is 6.07 Å². The molecule has 2 aromatic heterocycles. The number of nitrogens with zero attached hydrogens (tertiary/aromatic N) is 3. The quantitative estimate of drug-likeness (QED) is 0.789. The molecule has 100 valence electrons. The average Bonchev–Trinajstić information content (AvgIpc) is 2.50. The summed E-state index contributed by atoms with van der Waals surface area (Å²) >= 11 is 0. The molecule has 1 aromatic carbocycles. The lowest BCUT2D eigenvalue weighted by Crippen LogP contribution is -2.00. The molecule has 0 bridgehead atoms. The van der Waals surface area contributed by atoms with Gasteiger partial charge in [-0.3, -0.25) is 4.98 Å². The molecule has 3 rings (SSSR count). The molecule has 0 aliphatic rings. The summed E-state index contributed by atoms with van der Waals surface area (Å²) in [6.07, 6.45) is 3.50. The van der Waals surface area contributed by atoms with E-state index < -0.39 is 0 Å². The van der Waals surface area contributed by atoms with Gasteiger partial charge in [-0.25, -0.2) is 4.98 Å². The third kappa shape index (κ3) is 2.25. The minimum Gasteiger partial charge on any atom is -0.438 e. The fraction of sp³-hybridized carbons (Fsp3) is 0.133. The third-order valence-corrected chi connectivity index (χ3v) is 2.96. The Morgan fingerprint density at radius 2 is 2.00 bits per heavy atom. The number of hydrogen-bond acceptors (Lipinski definition) is 5. The summed E-state index contributed by atoms with van der Waals surface area (Å²) in [6.45, 7) is 1.91. The van der Waals surface area contributed by atoms with E-state index in [1.165, 1.54) is 0 Å². The zero-order valence-electron chi connectivity index (χ0n) is 11.3. The van der Waals surface area contributed by atoms with Gasteiger partial charge < -0.3 is 10.1 Å². The van der Waals surface area contributed by atoms with Gasteiger partial charge in [-0.15, -0.1) is 0 Å². The highest BCUT2D eigenvalue weighted by Gasteiger charge is 2.08. The summed E-state index contributed by atoms with van der Waals surface area (Å²) in [5.74, 6) is 1.81. The van der Waals surface area contributed by atoms with Crippen molar-refractivity contribution >= 4 is 16.9 Å². The number of hydrogen-bond donors (Lipinski definition) is 1. The number of nitrogens with one attached hydrogen (secondary N) is 1. The van der Waals surface area contributed by atoms with Crippen LogP contribution in [0.15, 0.2) is 42.7 Å². The maximum Gasteiger partial charge on any atom is 0.226 e. The molecule has 0 atom stereocenters. The Morgan fingerprint density at radius 3 is 2.85 bits per heavy atom. The largest absolute Gasteiger partial charge is 0.438 e. The molecule has 0 radical (unpaired) electrons. The monoisotopic (exact) mass is 266 g/mol. The van der Waals surface area contributed by atoms with Crippen molar-refractivity contribution in [1.82, 2.24) is 15.0 Å². The first-order valence-electron chi connectivity index (χ1n) is 6.31. The van der Waals surface area contributed by atoms with Gasteiger partial charge in [0.05, 0.1) is 5.52 Å². The number of pyridine rings is 1. The summed E-state index contributed by atoms with van der Waals surface area (Å²) in [4.78, 5) is 12.8. The Balaban J connectivity index is 2.05. The first kappa shape index (κ1) is 12.3. The van der Waals surface area contributed by atoms with Crippen LogP contribution in [0.5, 0.6) is 11.6 Å². The smallest absolute Gasteiger partial charge is 0.226 e. The zero-order valence-corrected chi connectivity index (χ0v) is 11.3. The van der Waals surface area contributed by atoms with Crippen LogP contribution in [0.1, 0.15) is 5.56 Å². The number of fused-ring (bicyclic) bond motifs is 1. The molecule has 0 fully saturated rings. The predicted octanol–water partition coefficient (Wildman–Crippen LogP) is 3.17. The van der Waals surface area contributed by atoms with Crippen LogP contribution in [0.4, 0.5) is 5.95 Å². The first-order valence-corrected chi connectivity index (χ1v) is 6.31. The lowest BCUT2D eigenvalue weighted by Gasteiger charge is -2.10. The Hall–Kier alpha value is -2.69. The van der Waals surface area contributed by atoms with E-state index >= 15 is 0 Å². The van der Waals surface area contributed by atoms with Gasteiger partial charge in [0.25, 0.3) is 0 Å². The average molecular weight is 266 g/mol. The fourth-order valence-electron chi connectivity index (χ4n) is 1.92. The van der Waals surface area contributed by atoms with Gasteiger partial charge in [-0.05, 0) is 31.2 Å². The van der Waals surface area contributed by atoms with Crippen LogP contribution in [-0.2, 0) is 0 Å². The van der Waals surface area contributed by atoms with Gasteiger partial charge in [0.1, 0.15) is 5.75 Å². The van der Waals surface area contributed by atoms with Gasteiger partial charge >= 0.3 is 0 Å². The van der Waals surface area contributed by atoms with Crippen molar-refractivity contribution in [3.63, 3.8) is 0 Å². The molecule has 0 aliphatic carbocycles. The molecular formula is C15H14N4O. The molecule has 5 heteroatoms. The highest BCUT2D eigenvalue weighted by Crippen LogP contribution is 2.29. The molecule has 1 N–H and O–H groups in total. The molecule has 0 saturated heterocycles. The van der Waals surface area contributed by atoms with Gasteiger partial charge in [0.2, 0.25) is 11.8 Å². The van der Waals surface area contributed by atoms with Crippen LogP contribution in [0.25, 0.3) is 10.9 Å². The van der Waals surface area contributed by atoms with Gasteiger partial charge in [0.15, 0.2) is 0 Å². The second kappa shape index (κ2) is 5.13. The van der Waals surface area contributed by atoms with Crippen molar-refractivity contribution in [3.05, 3.63) is 48.3 Å². The number of aryl methyl sites for hydroxylation is 1. The van der Waals surface area contributed by atoms with E-state index in [1.54, 1.807) is 19.4 Å². The number of aromatic nitrogens is 3. The molecule has 2 heterocycles. The summed E-state index contributed by atoms with van der Waals surface area (Å²) in [6, 6.07) is 9.65. The van der Waals surface area contributed by atoms with E-state index in [-0.39, 0.29) is 0 Å². The maximum absolute atomic E-state index is 5.93. The molecule has 5 nitrogen and oxygen atoms in total. The van der Waals surface area contributed by atoms with Crippen LogP contribution < -0.4 is 10.1 Å². The first-order chi connectivity index (χ1) is 9.78. The molecule has 3 aromatic rings. The molecule has 0 unspecified atom stereocenters. The molecule has 0 saturated carbocycles. The fourth-order valence-corrected chi connectivity index (χ4v) is 1.92. The number of ether oxygens (including phenoxy) is 1. The van der Waals surface area contributed by atoms with Crippen molar-refractivity contribution in [1.29, 1.82) is 0 Å². The van der Waals surface area contributed by atoms with Crippen molar-refractivity contribution < 1.29 is 4.74 Å². The number of benzene rings is 1. The van der Waals surface area contributed by atoms with Crippen molar-refractivity contribution in [2.24, 2.45) is 0 Å². The molecule has 0 spiro atoms. The highest BCUT2D eigenvalue weighted by molar-refractivity contribution is 5.85. The Morgan fingerprint density at radius 1 is 1.10 bits per heavy atom. The van der Waals surface area contributed by atoms with Crippen molar-refractivity contribution in [3.8, 4) is 11.6 Å². The standard InChI is InChI=1S/C15H14N4O/c1-10-9-18-15(16-2)19-14(10)20-13-7-3-6-12-11(13)5-4-8-17-12/h3-9H,1-2H3,(H,16,18,19). The van der Waals surface area contributed by atoms with Gasteiger partial charge in [-0.2, -0.15) is 4.98 Å².